The lowest BCUT2D eigenvalue weighted by Crippen LogP contribution is -2.36. The molecule has 0 radical (unpaired) electrons. The molecule has 0 atom stereocenters. The number of piperidine rings is 1. The summed E-state index contributed by atoms with van der Waals surface area (Å²) in [5.74, 6) is -0.732. The molecule has 4 heterocycles. The number of halogens is 4. The van der Waals surface area contributed by atoms with Gasteiger partial charge in [0.05, 0.1) is 45.6 Å². The van der Waals surface area contributed by atoms with Crippen LogP contribution in [0.4, 0.5) is 18.9 Å². The van der Waals surface area contributed by atoms with Crippen molar-refractivity contribution in [3.63, 3.8) is 0 Å². The van der Waals surface area contributed by atoms with Crippen LogP contribution in [0.2, 0.25) is 5.02 Å². The fourth-order valence-corrected chi connectivity index (χ4v) is 4.93. The number of pyridine rings is 1. The average molecular weight is 602 g/mol. The maximum absolute atomic E-state index is 13.8. The van der Waals surface area contributed by atoms with Gasteiger partial charge in [0.15, 0.2) is 5.82 Å². The summed E-state index contributed by atoms with van der Waals surface area (Å²) in [7, 11) is 0. The van der Waals surface area contributed by atoms with E-state index in [-0.39, 0.29) is 45.9 Å². The summed E-state index contributed by atoms with van der Waals surface area (Å²) >= 11 is 6.35. The summed E-state index contributed by atoms with van der Waals surface area (Å²) in [6.07, 6.45) is -0.359. The molecule has 1 fully saturated rings. The van der Waals surface area contributed by atoms with Crippen LogP contribution in [0.25, 0.3) is 22.6 Å². The molecule has 1 aliphatic rings. The maximum atomic E-state index is 13.8. The minimum Gasteiger partial charge on any atom is -0.397 e. The molecule has 4 aromatic rings. The number of H-pyrrole nitrogens is 2. The monoisotopic (exact) mass is 601 g/mol. The first-order chi connectivity index (χ1) is 20.1. The van der Waals surface area contributed by atoms with Crippen molar-refractivity contribution in [2.45, 2.75) is 25.6 Å². The lowest BCUT2D eigenvalue weighted by molar-refractivity contribution is -0.140. The lowest BCUT2D eigenvalue weighted by Gasteiger charge is -2.22. The van der Waals surface area contributed by atoms with Crippen LogP contribution in [0.1, 0.15) is 45.1 Å². The Kier molecular flexibility index (Phi) is 8.45. The molecule has 2 amide bonds. The lowest BCUT2D eigenvalue weighted by atomic mass is 9.98. The summed E-state index contributed by atoms with van der Waals surface area (Å²) in [5.41, 5.74) is 5.42. The number of hydrogen-bond acceptors (Lipinski definition) is 7. The van der Waals surface area contributed by atoms with Gasteiger partial charge in [0, 0.05) is 13.1 Å². The van der Waals surface area contributed by atoms with Crippen LogP contribution in [-0.2, 0) is 12.7 Å². The number of benzene rings is 1. The quantitative estimate of drug-likeness (QED) is 0.179. The van der Waals surface area contributed by atoms with Crippen molar-refractivity contribution < 1.29 is 22.8 Å². The number of aromatic amines is 2. The molecule has 3 aromatic heterocycles. The Morgan fingerprint density at radius 1 is 1.05 bits per heavy atom. The Morgan fingerprint density at radius 2 is 1.83 bits per heavy atom. The molecule has 0 spiro atoms. The molecule has 0 aliphatic carbocycles. The Hall–Kier alpha value is -4.43. The third-order valence-electron chi connectivity index (χ3n) is 6.88. The highest BCUT2D eigenvalue weighted by molar-refractivity contribution is 6.33. The molecule has 0 bridgehead atoms. The van der Waals surface area contributed by atoms with E-state index in [1.165, 1.54) is 18.3 Å². The minimum absolute atomic E-state index is 0.0334. The van der Waals surface area contributed by atoms with E-state index in [4.69, 9.17) is 17.3 Å². The molecule has 5 rings (SSSR count). The number of rotatable bonds is 8. The van der Waals surface area contributed by atoms with Crippen molar-refractivity contribution in [2.24, 2.45) is 5.92 Å². The third kappa shape index (κ3) is 6.55. The number of carbonyl (C=O) groups excluding carboxylic acids is 2. The second-order valence-corrected chi connectivity index (χ2v) is 10.2. The van der Waals surface area contributed by atoms with Crippen molar-refractivity contribution in [3.05, 3.63) is 70.4 Å². The van der Waals surface area contributed by atoms with E-state index in [1.807, 2.05) is 5.10 Å². The molecular formula is C27H27ClF3N9O2. The number of aromatic nitrogens is 5. The van der Waals surface area contributed by atoms with Gasteiger partial charge in [-0.3, -0.25) is 19.7 Å². The topological polar surface area (TPSA) is 166 Å². The molecule has 0 unspecified atom stereocenters. The van der Waals surface area contributed by atoms with Gasteiger partial charge in [0.2, 0.25) is 0 Å². The van der Waals surface area contributed by atoms with Gasteiger partial charge >= 0.3 is 6.18 Å². The predicted molar refractivity (Wildman–Crippen MR) is 149 cm³/mol. The second kappa shape index (κ2) is 12.2. The third-order valence-corrected chi connectivity index (χ3v) is 7.19. The Bertz CT molecular complexity index is 1580. The average Bonchev–Trinajstić information content (AvgIpc) is 3.64. The van der Waals surface area contributed by atoms with Crippen LogP contribution < -0.4 is 21.7 Å². The number of nitrogens with two attached hydrogens (primary N) is 1. The second-order valence-electron chi connectivity index (χ2n) is 9.84. The zero-order valence-corrected chi connectivity index (χ0v) is 22.9. The number of nitrogens with zero attached hydrogens (tertiary/aromatic N) is 3. The summed E-state index contributed by atoms with van der Waals surface area (Å²) < 4.78 is 41.3. The van der Waals surface area contributed by atoms with Crippen LogP contribution >= 0.6 is 11.6 Å². The van der Waals surface area contributed by atoms with Crippen LogP contribution in [0.3, 0.4) is 0 Å². The largest absolute Gasteiger partial charge is 0.433 e. The number of carbonyl (C=O) groups is 2. The Balaban J connectivity index is 1.26. The molecule has 42 heavy (non-hydrogen) atoms. The van der Waals surface area contributed by atoms with E-state index in [9.17, 15) is 22.8 Å². The molecule has 0 saturated carbocycles. The highest BCUT2D eigenvalue weighted by Gasteiger charge is 2.39. The summed E-state index contributed by atoms with van der Waals surface area (Å²) in [6, 6.07) is 7.74. The molecule has 15 heteroatoms. The number of anilines is 1. The molecular weight excluding hydrogens is 575 g/mol. The highest BCUT2D eigenvalue weighted by atomic mass is 35.5. The van der Waals surface area contributed by atoms with Gasteiger partial charge in [0.25, 0.3) is 11.8 Å². The van der Waals surface area contributed by atoms with Crippen molar-refractivity contribution in [2.75, 3.05) is 25.4 Å². The van der Waals surface area contributed by atoms with Crippen LogP contribution in [0.5, 0.6) is 0 Å². The first-order valence-electron chi connectivity index (χ1n) is 13.1. The highest BCUT2D eigenvalue weighted by Crippen LogP contribution is 2.40. The molecule has 220 valence electrons. The van der Waals surface area contributed by atoms with Gasteiger partial charge in [0.1, 0.15) is 11.4 Å². The number of amides is 2. The van der Waals surface area contributed by atoms with Crippen LogP contribution in [0, 0.1) is 5.92 Å². The van der Waals surface area contributed by atoms with Crippen molar-refractivity contribution >= 4 is 29.1 Å². The summed E-state index contributed by atoms with van der Waals surface area (Å²) in [5, 5.41) is 14.9. The summed E-state index contributed by atoms with van der Waals surface area (Å²) in [4.78, 5) is 36.1. The zero-order chi connectivity index (χ0) is 29.9. The standard InChI is InChI=1S/C27H27ClF3N9O2/c28-18-9-15(1-3-17(18)25(41)36-10-14-5-7-33-8-6-14)11-37-26(42)24-35-13-20(38-24)21-22(19-4-2-16(32)12-34-19)39-40-23(21)27(29,30)31/h1-4,9,12-14,33H,5-8,10-11,32H2,(H,35,38)(H,36,41)(H,37,42)(H,39,40). The van der Waals surface area contributed by atoms with Crippen molar-refractivity contribution in [1.82, 2.24) is 41.1 Å². The van der Waals surface area contributed by atoms with E-state index in [2.05, 4.69) is 36.0 Å². The fraction of sp³-hybridized carbons (Fsp3) is 0.296. The number of nitrogens with one attached hydrogen (secondary N) is 5. The normalized spacial score (nSPS) is 14.1. The van der Waals surface area contributed by atoms with Gasteiger partial charge in [-0.05, 0) is 61.7 Å². The smallest absolute Gasteiger partial charge is 0.397 e. The Morgan fingerprint density at radius 3 is 2.52 bits per heavy atom. The van der Waals surface area contributed by atoms with Crippen molar-refractivity contribution in [3.8, 4) is 22.6 Å². The van der Waals surface area contributed by atoms with Gasteiger partial charge in [-0.2, -0.15) is 18.3 Å². The zero-order valence-electron chi connectivity index (χ0n) is 22.1. The van der Waals surface area contributed by atoms with Crippen LogP contribution in [0.15, 0.2) is 42.7 Å². The first-order valence-corrected chi connectivity index (χ1v) is 13.5. The SMILES string of the molecule is Nc1ccc(-c2n[nH]c(C(F)(F)F)c2-c2cnc(C(=O)NCc3ccc(C(=O)NCC4CCNCC4)c(Cl)c3)[nH]2)nc1. The fourth-order valence-electron chi connectivity index (χ4n) is 4.64. The number of imidazole rings is 1. The van der Waals surface area contributed by atoms with E-state index < -0.39 is 17.8 Å². The minimum atomic E-state index is -4.77. The van der Waals surface area contributed by atoms with Gasteiger partial charge in [-0.25, -0.2) is 4.98 Å². The summed E-state index contributed by atoms with van der Waals surface area (Å²) in [6.45, 7) is 2.47. The molecule has 7 N–H and O–H groups in total. The molecule has 1 aromatic carbocycles. The maximum Gasteiger partial charge on any atom is 0.433 e. The number of nitrogen functional groups attached to an aromatic ring is 1. The molecule has 1 saturated heterocycles. The van der Waals surface area contributed by atoms with Gasteiger partial charge in [-0.15, -0.1) is 0 Å². The van der Waals surface area contributed by atoms with Gasteiger partial charge < -0.3 is 26.7 Å². The van der Waals surface area contributed by atoms with E-state index >= 15 is 0 Å². The van der Waals surface area contributed by atoms with Gasteiger partial charge in [-0.1, -0.05) is 17.7 Å². The van der Waals surface area contributed by atoms with Crippen molar-refractivity contribution in [1.29, 1.82) is 0 Å². The van der Waals surface area contributed by atoms with E-state index in [0.29, 0.717) is 29.3 Å². The Labute approximate surface area is 242 Å². The molecule has 11 nitrogen and oxygen atoms in total. The van der Waals surface area contributed by atoms with E-state index in [1.54, 1.807) is 18.2 Å². The predicted octanol–water partition coefficient (Wildman–Crippen LogP) is 3.78. The number of alkyl halides is 3. The van der Waals surface area contributed by atoms with E-state index in [0.717, 1.165) is 32.1 Å². The van der Waals surface area contributed by atoms with Crippen LogP contribution in [-0.4, -0.2) is 56.6 Å². The molecule has 1 aliphatic heterocycles. The number of hydrogen-bond donors (Lipinski definition) is 6. The first kappa shape index (κ1) is 29.1.